The molecule has 0 aliphatic heterocycles. The zero-order valence-electron chi connectivity index (χ0n) is 24.1. The number of phenols is 1. The number of furan rings is 1. The molecule has 210 valence electrons. The van der Waals surface area contributed by atoms with E-state index in [2.05, 4.69) is 126 Å². The highest BCUT2D eigenvalue weighted by molar-refractivity contribution is 9.10. The lowest BCUT2D eigenvalue weighted by molar-refractivity contribution is 0.483. The Kier molecular flexibility index (Phi) is 7.87. The molecule has 0 saturated heterocycles. The molecule has 0 saturated carbocycles. The fourth-order valence-corrected chi connectivity index (χ4v) is 6.05. The largest absolute Gasteiger partial charge is 0.507 e. The molecule has 0 aliphatic rings. The maximum absolute atomic E-state index is 10.7. The smallest absolute Gasteiger partial charge is 0.143 e. The van der Waals surface area contributed by atoms with E-state index in [4.69, 9.17) is 4.42 Å². The average Bonchev–Trinajstić information content (AvgIpc) is 3.36. The van der Waals surface area contributed by atoms with E-state index < -0.39 is 0 Å². The molecule has 0 unspecified atom stereocenters. The predicted octanol–water partition coefficient (Wildman–Crippen LogP) is 12.7. The molecule has 0 bridgehead atoms. The van der Waals surface area contributed by atoms with Crippen molar-refractivity contribution < 1.29 is 9.52 Å². The first-order valence-electron chi connectivity index (χ1n) is 14.3. The minimum atomic E-state index is 0.359. The van der Waals surface area contributed by atoms with Crippen LogP contribution >= 0.6 is 31.9 Å². The number of phenolic OH excluding ortho intramolecular Hbond substituents is 1. The Labute approximate surface area is 263 Å². The SMILES string of the molecule is CC(C)c1ccc2ccc(-c3ccc(Br)cc3)c(O)c2c1.CC(C)c1ccc2ccc3c4ccc(Br)cc4oc3c2c1. The zero-order valence-corrected chi connectivity index (χ0v) is 27.3. The summed E-state index contributed by atoms with van der Waals surface area (Å²) in [6.45, 7) is 8.77. The summed E-state index contributed by atoms with van der Waals surface area (Å²) >= 11 is 6.95. The van der Waals surface area contributed by atoms with Crippen molar-refractivity contribution in [1.82, 2.24) is 0 Å². The van der Waals surface area contributed by atoms with Gasteiger partial charge in [0.05, 0.1) is 0 Å². The molecule has 0 amide bonds. The third-order valence-electron chi connectivity index (χ3n) is 7.95. The first kappa shape index (κ1) is 28.5. The van der Waals surface area contributed by atoms with Gasteiger partial charge >= 0.3 is 0 Å². The summed E-state index contributed by atoms with van der Waals surface area (Å²) in [6, 6.07) is 35.6. The topological polar surface area (TPSA) is 33.4 Å². The maximum Gasteiger partial charge on any atom is 0.143 e. The van der Waals surface area contributed by atoms with Gasteiger partial charge in [0.1, 0.15) is 16.9 Å². The summed E-state index contributed by atoms with van der Waals surface area (Å²) in [5.74, 6) is 1.32. The van der Waals surface area contributed by atoms with Crippen LogP contribution in [-0.2, 0) is 0 Å². The van der Waals surface area contributed by atoms with Crippen molar-refractivity contribution >= 4 is 75.3 Å². The molecule has 0 atom stereocenters. The molecule has 7 rings (SSSR count). The van der Waals surface area contributed by atoms with Crippen molar-refractivity contribution in [2.75, 3.05) is 0 Å². The highest BCUT2D eigenvalue weighted by atomic mass is 79.9. The van der Waals surface area contributed by atoms with Crippen LogP contribution in [-0.4, -0.2) is 5.11 Å². The van der Waals surface area contributed by atoms with Crippen LogP contribution in [0.1, 0.15) is 50.7 Å². The van der Waals surface area contributed by atoms with Gasteiger partial charge in [0.25, 0.3) is 0 Å². The van der Waals surface area contributed by atoms with Crippen LogP contribution in [0.25, 0.3) is 54.6 Å². The van der Waals surface area contributed by atoms with Crippen molar-refractivity contribution in [1.29, 1.82) is 0 Å². The van der Waals surface area contributed by atoms with E-state index in [-0.39, 0.29) is 0 Å². The lowest BCUT2D eigenvalue weighted by Crippen LogP contribution is -1.88. The Hall–Kier alpha value is -3.60. The van der Waals surface area contributed by atoms with Crippen LogP contribution in [0.15, 0.2) is 116 Å². The highest BCUT2D eigenvalue weighted by Crippen LogP contribution is 2.38. The molecule has 0 spiro atoms. The Morgan fingerprint density at radius 2 is 1.10 bits per heavy atom. The molecule has 2 nitrogen and oxygen atoms in total. The third-order valence-corrected chi connectivity index (χ3v) is 8.97. The average molecular weight is 680 g/mol. The molecule has 42 heavy (non-hydrogen) atoms. The Morgan fingerprint density at radius 3 is 1.76 bits per heavy atom. The van der Waals surface area contributed by atoms with Crippen LogP contribution in [0, 0.1) is 0 Å². The molecule has 1 heterocycles. The summed E-state index contributed by atoms with van der Waals surface area (Å²) in [7, 11) is 0. The number of hydrogen-bond acceptors (Lipinski definition) is 2. The molecule has 0 radical (unpaired) electrons. The fourth-order valence-electron chi connectivity index (χ4n) is 5.45. The Balaban J connectivity index is 0.000000150. The van der Waals surface area contributed by atoms with E-state index in [0.29, 0.717) is 17.6 Å². The molecule has 0 aliphatic carbocycles. The van der Waals surface area contributed by atoms with Gasteiger partial charge in [-0.15, -0.1) is 0 Å². The Bertz CT molecular complexity index is 2070. The van der Waals surface area contributed by atoms with Crippen molar-refractivity contribution in [3.8, 4) is 16.9 Å². The number of fused-ring (bicyclic) bond motifs is 6. The van der Waals surface area contributed by atoms with E-state index in [1.807, 2.05) is 36.4 Å². The van der Waals surface area contributed by atoms with E-state index >= 15 is 0 Å². The van der Waals surface area contributed by atoms with Crippen molar-refractivity contribution in [2.45, 2.75) is 39.5 Å². The number of halogens is 2. The zero-order chi connectivity index (χ0) is 29.5. The van der Waals surface area contributed by atoms with Gasteiger partial charge in [-0.25, -0.2) is 0 Å². The van der Waals surface area contributed by atoms with Crippen LogP contribution < -0.4 is 0 Å². The van der Waals surface area contributed by atoms with Crippen LogP contribution in [0.2, 0.25) is 0 Å². The lowest BCUT2D eigenvalue weighted by Gasteiger charge is -2.11. The first-order valence-corrected chi connectivity index (χ1v) is 15.8. The van der Waals surface area contributed by atoms with E-state index in [9.17, 15) is 5.11 Å². The quantitative estimate of drug-likeness (QED) is 0.202. The van der Waals surface area contributed by atoms with Crippen LogP contribution in [0.4, 0.5) is 0 Å². The number of rotatable bonds is 3. The van der Waals surface area contributed by atoms with Gasteiger partial charge in [-0.2, -0.15) is 0 Å². The number of hydrogen-bond donors (Lipinski definition) is 1. The fraction of sp³-hybridized carbons (Fsp3) is 0.158. The first-order chi connectivity index (χ1) is 20.2. The monoisotopic (exact) mass is 678 g/mol. The molecular formula is C38H32Br2O2. The van der Waals surface area contributed by atoms with Gasteiger partial charge in [-0.3, -0.25) is 0 Å². The second kappa shape index (κ2) is 11.6. The number of aromatic hydroxyl groups is 1. The van der Waals surface area contributed by atoms with Gasteiger partial charge in [0.15, 0.2) is 0 Å². The van der Waals surface area contributed by atoms with Crippen molar-refractivity contribution in [2.24, 2.45) is 0 Å². The molecule has 1 aromatic heterocycles. The summed E-state index contributed by atoms with van der Waals surface area (Å²) in [5, 5.41) is 17.4. The molecule has 4 heteroatoms. The predicted molar refractivity (Wildman–Crippen MR) is 186 cm³/mol. The van der Waals surface area contributed by atoms with Crippen molar-refractivity contribution in [3.05, 3.63) is 123 Å². The van der Waals surface area contributed by atoms with Gasteiger partial charge < -0.3 is 9.52 Å². The molecule has 1 N–H and O–H groups in total. The van der Waals surface area contributed by atoms with E-state index in [0.717, 1.165) is 42.0 Å². The molecule has 0 fully saturated rings. The van der Waals surface area contributed by atoms with E-state index in [1.54, 1.807) is 0 Å². The minimum Gasteiger partial charge on any atom is -0.507 e. The van der Waals surface area contributed by atoms with Crippen molar-refractivity contribution in [3.63, 3.8) is 0 Å². The minimum absolute atomic E-state index is 0.359. The number of benzene rings is 6. The van der Waals surface area contributed by atoms with Crippen LogP contribution in [0.5, 0.6) is 5.75 Å². The maximum atomic E-state index is 10.7. The molecular weight excluding hydrogens is 648 g/mol. The standard InChI is InChI=1S/C19H15BrO.C19H17BrO/c1-11(2)13-4-3-12-5-7-16-15-8-6-14(20)10-18(15)21-19(16)17(12)9-13;1-12(2)15-4-3-14-7-10-17(19(21)18(14)11-15)13-5-8-16(20)9-6-13/h3-11H,1-2H3;3-12,21H,1-2H3. The van der Waals surface area contributed by atoms with E-state index in [1.165, 1.54) is 32.7 Å². The summed E-state index contributed by atoms with van der Waals surface area (Å²) in [5.41, 5.74) is 6.40. The summed E-state index contributed by atoms with van der Waals surface area (Å²) in [4.78, 5) is 0. The summed E-state index contributed by atoms with van der Waals surface area (Å²) < 4.78 is 8.23. The third kappa shape index (κ3) is 5.46. The normalized spacial score (nSPS) is 11.6. The van der Waals surface area contributed by atoms with Gasteiger partial charge in [-0.05, 0) is 87.8 Å². The lowest BCUT2D eigenvalue weighted by atomic mass is 9.95. The van der Waals surface area contributed by atoms with Gasteiger partial charge in [0.2, 0.25) is 0 Å². The second-order valence-electron chi connectivity index (χ2n) is 11.4. The molecule has 7 aromatic rings. The van der Waals surface area contributed by atoms with Gasteiger partial charge in [-0.1, -0.05) is 114 Å². The van der Waals surface area contributed by atoms with Gasteiger partial charge in [0, 0.05) is 36.1 Å². The molecule has 6 aromatic carbocycles. The highest BCUT2D eigenvalue weighted by Gasteiger charge is 2.12. The second-order valence-corrected chi connectivity index (χ2v) is 13.3. The van der Waals surface area contributed by atoms with Crippen LogP contribution in [0.3, 0.4) is 0 Å². The Morgan fingerprint density at radius 1 is 0.548 bits per heavy atom. The summed E-state index contributed by atoms with van der Waals surface area (Å²) in [6.07, 6.45) is 0.